The van der Waals surface area contributed by atoms with E-state index in [1.54, 1.807) is 24.4 Å². The Morgan fingerprint density at radius 1 is 1.62 bits per heavy atom. The van der Waals surface area contributed by atoms with Crippen molar-refractivity contribution in [1.82, 2.24) is 4.98 Å². The van der Waals surface area contributed by atoms with Crippen molar-refractivity contribution in [2.75, 3.05) is 0 Å². The third-order valence-corrected chi connectivity index (χ3v) is 1.52. The zero-order valence-electron chi connectivity index (χ0n) is 6.86. The Balaban J connectivity index is 2.82. The van der Waals surface area contributed by atoms with Gasteiger partial charge in [0.05, 0.1) is 0 Å². The molecule has 2 N–H and O–H groups in total. The Morgan fingerprint density at radius 3 is 3.00 bits per heavy atom. The van der Waals surface area contributed by atoms with E-state index in [0.29, 0.717) is 12.0 Å². The van der Waals surface area contributed by atoms with E-state index in [2.05, 4.69) is 4.98 Å². The maximum atomic E-state index is 10.6. The van der Waals surface area contributed by atoms with Gasteiger partial charge in [0.25, 0.3) is 0 Å². The van der Waals surface area contributed by atoms with Crippen molar-refractivity contribution in [1.29, 1.82) is 0 Å². The largest absolute Gasteiger partial charge is 0.477 e. The zero-order chi connectivity index (χ0) is 9.68. The molecule has 1 aromatic heterocycles. The van der Waals surface area contributed by atoms with Crippen LogP contribution in [0, 0.1) is 0 Å². The molecule has 1 heterocycles. The van der Waals surface area contributed by atoms with Crippen LogP contribution in [0.2, 0.25) is 0 Å². The molecule has 0 fully saturated rings. The Hall–Kier alpha value is -1.84. The maximum Gasteiger partial charge on any atom is 0.352 e. The van der Waals surface area contributed by atoms with Crippen LogP contribution in [-0.4, -0.2) is 22.3 Å². The van der Waals surface area contributed by atoms with Gasteiger partial charge < -0.3 is 14.9 Å². The van der Waals surface area contributed by atoms with Crippen molar-refractivity contribution in [3.05, 3.63) is 29.6 Å². The van der Waals surface area contributed by atoms with Gasteiger partial charge in [-0.2, -0.15) is 0 Å². The molecule has 1 aromatic rings. The average Bonchev–Trinajstić information content (AvgIpc) is 2.53. The van der Waals surface area contributed by atoms with Crippen LogP contribution in [0.1, 0.15) is 22.5 Å². The van der Waals surface area contributed by atoms with Crippen molar-refractivity contribution >= 4 is 18.3 Å². The lowest BCUT2D eigenvalue weighted by atomic mass is 10.2. The number of carboxylic acids is 1. The van der Waals surface area contributed by atoms with Crippen molar-refractivity contribution in [2.45, 2.75) is 6.42 Å². The highest BCUT2D eigenvalue weighted by atomic mass is 16.4. The lowest BCUT2D eigenvalue weighted by Gasteiger charge is -1.90. The Kier molecular flexibility index (Phi) is 3.03. The van der Waals surface area contributed by atoms with Crippen LogP contribution in [-0.2, 0) is 4.79 Å². The summed E-state index contributed by atoms with van der Waals surface area (Å²) in [6, 6.07) is 1.64. The first-order valence-corrected chi connectivity index (χ1v) is 3.76. The van der Waals surface area contributed by atoms with Gasteiger partial charge in [0.1, 0.15) is 12.0 Å². The average molecular weight is 179 g/mol. The minimum absolute atomic E-state index is 0.141. The van der Waals surface area contributed by atoms with Crippen molar-refractivity contribution in [3.8, 4) is 0 Å². The Labute approximate surface area is 74.9 Å². The summed E-state index contributed by atoms with van der Waals surface area (Å²) in [4.78, 5) is 23.2. The van der Waals surface area contributed by atoms with E-state index in [1.165, 1.54) is 0 Å². The van der Waals surface area contributed by atoms with E-state index >= 15 is 0 Å². The summed E-state index contributed by atoms with van der Waals surface area (Å²) in [5.41, 5.74) is 0.719. The van der Waals surface area contributed by atoms with Crippen molar-refractivity contribution < 1.29 is 14.7 Å². The molecular formula is C9H9NO3. The molecular weight excluding hydrogens is 170 g/mol. The minimum Gasteiger partial charge on any atom is -0.477 e. The third kappa shape index (κ3) is 2.30. The molecule has 4 nitrogen and oxygen atoms in total. The van der Waals surface area contributed by atoms with Gasteiger partial charge in [-0.3, -0.25) is 0 Å². The van der Waals surface area contributed by atoms with E-state index in [1.807, 2.05) is 0 Å². The van der Waals surface area contributed by atoms with Crippen LogP contribution < -0.4 is 0 Å². The van der Waals surface area contributed by atoms with E-state index in [-0.39, 0.29) is 5.69 Å². The summed E-state index contributed by atoms with van der Waals surface area (Å²) in [7, 11) is 0. The predicted octanol–water partition coefficient (Wildman–Crippen LogP) is 1.32. The van der Waals surface area contributed by atoms with Crippen LogP contribution in [0.25, 0.3) is 6.08 Å². The molecule has 1 rings (SSSR count). The number of hydrogen-bond donors (Lipinski definition) is 2. The number of rotatable bonds is 4. The smallest absolute Gasteiger partial charge is 0.352 e. The number of aromatic amines is 1. The first-order chi connectivity index (χ1) is 6.25. The summed E-state index contributed by atoms with van der Waals surface area (Å²) in [6.07, 6.45) is 5.81. The molecule has 0 amide bonds. The fourth-order valence-corrected chi connectivity index (χ4v) is 0.956. The van der Waals surface area contributed by atoms with Crippen molar-refractivity contribution in [3.63, 3.8) is 0 Å². The van der Waals surface area contributed by atoms with E-state index < -0.39 is 5.97 Å². The SMILES string of the molecule is O=CCC=Cc1cc[nH]c1C(=O)O. The second-order valence-electron chi connectivity index (χ2n) is 2.42. The lowest BCUT2D eigenvalue weighted by molar-refractivity contribution is -0.107. The molecule has 0 aliphatic heterocycles. The van der Waals surface area contributed by atoms with E-state index in [0.717, 1.165) is 6.29 Å². The monoisotopic (exact) mass is 179 g/mol. The number of aromatic carboxylic acids is 1. The van der Waals surface area contributed by atoms with E-state index in [9.17, 15) is 9.59 Å². The first kappa shape index (κ1) is 9.25. The number of allylic oxidation sites excluding steroid dienone is 1. The highest BCUT2D eigenvalue weighted by molar-refractivity contribution is 5.90. The van der Waals surface area contributed by atoms with Gasteiger partial charge in [0.15, 0.2) is 0 Å². The first-order valence-electron chi connectivity index (χ1n) is 3.76. The number of aromatic nitrogens is 1. The highest BCUT2D eigenvalue weighted by Crippen LogP contribution is 2.08. The molecule has 0 aromatic carbocycles. The molecule has 0 bridgehead atoms. The molecule has 0 saturated heterocycles. The molecule has 0 saturated carbocycles. The second-order valence-corrected chi connectivity index (χ2v) is 2.42. The Morgan fingerprint density at radius 2 is 2.38 bits per heavy atom. The predicted molar refractivity (Wildman–Crippen MR) is 47.5 cm³/mol. The van der Waals surface area contributed by atoms with Gasteiger partial charge >= 0.3 is 5.97 Å². The van der Waals surface area contributed by atoms with Gasteiger partial charge in [-0.05, 0) is 6.07 Å². The van der Waals surface area contributed by atoms with Crippen LogP contribution in [0.15, 0.2) is 18.3 Å². The molecule has 68 valence electrons. The summed E-state index contributed by atoms with van der Waals surface area (Å²) in [5.74, 6) is -1.00. The number of carbonyl (C=O) groups excluding carboxylic acids is 1. The fraction of sp³-hybridized carbons (Fsp3) is 0.111. The summed E-state index contributed by atoms with van der Waals surface area (Å²) in [6.45, 7) is 0. The van der Waals surface area contributed by atoms with Gasteiger partial charge in [0.2, 0.25) is 0 Å². The van der Waals surface area contributed by atoms with Crippen LogP contribution in [0.3, 0.4) is 0 Å². The number of nitrogens with one attached hydrogen (secondary N) is 1. The van der Waals surface area contributed by atoms with Crippen molar-refractivity contribution in [2.24, 2.45) is 0 Å². The maximum absolute atomic E-state index is 10.6. The molecule has 0 atom stereocenters. The molecule has 0 aliphatic carbocycles. The van der Waals surface area contributed by atoms with Crippen LogP contribution in [0.4, 0.5) is 0 Å². The quantitative estimate of drug-likeness (QED) is 0.684. The lowest BCUT2D eigenvalue weighted by Crippen LogP contribution is -1.98. The van der Waals surface area contributed by atoms with Gasteiger partial charge in [-0.15, -0.1) is 0 Å². The summed E-state index contributed by atoms with van der Waals surface area (Å²) < 4.78 is 0. The fourth-order valence-electron chi connectivity index (χ4n) is 0.956. The standard InChI is InChI=1S/C9H9NO3/c11-6-2-1-3-7-4-5-10-8(7)9(12)13/h1,3-6,10H,2H2,(H,12,13). The molecule has 13 heavy (non-hydrogen) atoms. The molecule has 0 radical (unpaired) electrons. The van der Waals surface area contributed by atoms with Gasteiger partial charge in [0, 0.05) is 18.2 Å². The Bertz CT molecular complexity index is 338. The molecule has 0 unspecified atom stereocenters. The summed E-state index contributed by atoms with van der Waals surface area (Å²) >= 11 is 0. The number of carboxylic acid groups (broad SMARTS) is 1. The van der Waals surface area contributed by atoms with Crippen LogP contribution in [0.5, 0.6) is 0 Å². The molecule has 0 spiro atoms. The van der Waals surface area contributed by atoms with Gasteiger partial charge in [-0.1, -0.05) is 12.2 Å². The highest BCUT2D eigenvalue weighted by Gasteiger charge is 2.07. The minimum atomic E-state index is -1.00. The number of carbonyl (C=O) groups is 2. The second kappa shape index (κ2) is 4.25. The molecule has 4 heteroatoms. The third-order valence-electron chi connectivity index (χ3n) is 1.52. The zero-order valence-corrected chi connectivity index (χ0v) is 6.86. The number of H-pyrrole nitrogens is 1. The van der Waals surface area contributed by atoms with Crippen LogP contribution >= 0.6 is 0 Å². The molecule has 0 aliphatic rings. The van der Waals surface area contributed by atoms with E-state index in [4.69, 9.17) is 5.11 Å². The normalized spacial score (nSPS) is 10.5. The summed E-state index contributed by atoms with van der Waals surface area (Å²) in [5, 5.41) is 8.68. The number of aldehydes is 1. The van der Waals surface area contributed by atoms with Gasteiger partial charge in [-0.25, -0.2) is 4.79 Å². The topological polar surface area (TPSA) is 70.2 Å². The number of hydrogen-bond acceptors (Lipinski definition) is 2.